The summed E-state index contributed by atoms with van der Waals surface area (Å²) < 4.78 is 0. The number of amides is 1. The maximum absolute atomic E-state index is 12.4. The van der Waals surface area contributed by atoms with E-state index in [4.69, 9.17) is 0 Å². The van der Waals surface area contributed by atoms with Crippen molar-refractivity contribution in [3.05, 3.63) is 35.4 Å². The third-order valence-electron chi connectivity index (χ3n) is 3.68. The third kappa shape index (κ3) is 3.82. The lowest BCUT2D eigenvalue weighted by Gasteiger charge is -2.25. The number of aryl methyl sites for hydroxylation is 1. The first-order valence-electron chi connectivity index (χ1n) is 7.18. The molecule has 1 amide bonds. The van der Waals surface area contributed by atoms with Crippen LogP contribution in [0.4, 0.5) is 0 Å². The van der Waals surface area contributed by atoms with Gasteiger partial charge in [-0.1, -0.05) is 54.0 Å². The number of nitrogens with zero attached hydrogens (tertiary/aromatic N) is 1. The minimum Gasteiger partial charge on any atom is -0.334 e. The molecule has 0 aliphatic heterocycles. The highest BCUT2D eigenvalue weighted by molar-refractivity contribution is 9.10. The summed E-state index contributed by atoms with van der Waals surface area (Å²) in [4.78, 5) is 14.4. The van der Waals surface area contributed by atoms with Gasteiger partial charge in [-0.05, 0) is 36.8 Å². The van der Waals surface area contributed by atoms with Crippen LogP contribution in [0.2, 0.25) is 0 Å². The maximum Gasteiger partial charge on any atom is 0.236 e. The van der Waals surface area contributed by atoms with Crippen molar-refractivity contribution in [1.82, 2.24) is 4.90 Å². The van der Waals surface area contributed by atoms with Gasteiger partial charge in [0.1, 0.15) is 0 Å². The van der Waals surface area contributed by atoms with Crippen molar-refractivity contribution >= 4 is 21.8 Å². The van der Waals surface area contributed by atoms with Crippen LogP contribution >= 0.6 is 15.9 Å². The van der Waals surface area contributed by atoms with E-state index in [-0.39, 0.29) is 10.7 Å². The summed E-state index contributed by atoms with van der Waals surface area (Å²) in [5.41, 5.74) is 2.58. The molecule has 0 radical (unpaired) electrons. The highest BCUT2D eigenvalue weighted by atomic mass is 79.9. The van der Waals surface area contributed by atoms with Gasteiger partial charge in [0.05, 0.1) is 4.83 Å². The SMILES string of the molecule is CCc1ccc(CN(C(=O)C(Br)CC)C2CC2)cc1. The molecule has 0 N–H and O–H groups in total. The van der Waals surface area contributed by atoms with Gasteiger partial charge in [-0.2, -0.15) is 0 Å². The van der Waals surface area contributed by atoms with Crippen LogP contribution < -0.4 is 0 Å². The van der Waals surface area contributed by atoms with E-state index >= 15 is 0 Å². The Bertz CT molecular complexity index is 425. The van der Waals surface area contributed by atoms with Crippen LogP contribution in [0.15, 0.2) is 24.3 Å². The summed E-state index contributed by atoms with van der Waals surface area (Å²) in [6.45, 7) is 4.94. The predicted molar refractivity (Wildman–Crippen MR) is 82.4 cm³/mol. The van der Waals surface area contributed by atoms with E-state index < -0.39 is 0 Å². The van der Waals surface area contributed by atoms with Crippen LogP contribution in [0.3, 0.4) is 0 Å². The quantitative estimate of drug-likeness (QED) is 0.727. The first kappa shape index (κ1) is 14.6. The Morgan fingerprint density at radius 1 is 1.26 bits per heavy atom. The Morgan fingerprint density at radius 2 is 1.84 bits per heavy atom. The summed E-state index contributed by atoms with van der Waals surface area (Å²) >= 11 is 3.48. The van der Waals surface area contributed by atoms with Crippen molar-refractivity contribution < 1.29 is 4.79 Å². The summed E-state index contributed by atoms with van der Waals surface area (Å²) in [5, 5.41) is 0. The normalized spacial score (nSPS) is 16.2. The fourth-order valence-corrected chi connectivity index (χ4v) is 2.47. The zero-order valence-corrected chi connectivity index (χ0v) is 13.3. The molecule has 1 unspecified atom stereocenters. The molecule has 2 nitrogen and oxygen atoms in total. The predicted octanol–water partition coefficient (Wildman–Crippen LogP) is 3.91. The van der Waals surface area contributed by atoms with Gasteiger partial charge in [-0.3, -0.25) is 4.79 Å². The van der Waals surface area contributed by atoms with Crippen LogP contribution in [0.1, 0.15) is 44.2 Å². The second-order valence-electron chi connectivity index (χ2n) is 5.24. The maximum atomic E-state index is 12.4. The molecule has 2 rings (SSSR count). The molecule has 0 bridgehead atoms. The van der Waals surface area contributed by atoms with E-state index in [0.29, 0.717) is 6.04 Å². The number of alkyl halides is 1. The van der Waals surface area contributed by atoms with Crippen molar-refractivity contribution in [3.63, 3.8) is 0 Å². The first-order valence-corrected chi connectivity index (χ1v) is 8.09. The Kier molecular flexibility index (Phi) is 5.03. The molecule has 1 aliphatic carbocycles. The molecule has 1 fully saturated rings. The molecular weight excluding hydrogens is 302 g/mol. The minimum absolute atomic E-state index is 0.0389. The summed E-state index contributed by atoms with van der Waals surface area (Å²) in [6, 6.07) is 9.09. The van der Waals surface area contributed by atoms with Gasteiger partial charge >= 0.3 is 0 Å². The molecule has 3 heteroatoms. The van der Waals surface area contributed by atoms with Crippen LogP contribution in [-0.4, -0.2) is 21.7 Å². The van der Waals surface area contributed by atoms with E-state index in [9.17, 15) is 4.79 Å². The second-order valence-corrected chi connectivity index (χ2v) is 6.35. The van der Waals surface area contributed by atoms with Gasteiger partial charge in [-0.15, -0.1) is 0 Å². The van der Waals surface area contributed by atoms with Gasteiger partial charge in [0.15, 0.2) is 0 Å². The van der Waals surface area contributed by atoms with E-state index in [2.05, 4.69) is 47.1 Å². The molecular formula is C16H22BrNO. The molecule has 0 heterocycles. The number of benzene rings is 1. The van der Waals surface area contributed by atoms with Gasteiger partial charge in [-0.25, -0.2) is 0 Å². The average molecular weight is 324 g/mol. The second kappa shape index (κ2) is 6.56. The number of hydrogen-bond acceptors (Lipinski definition) is 1. The minimum atomic E-state index is -0.0389. The molecule has 0 spiro atoms. The van der Waals surface area contributed by atoms with Crippen LogP contribution in [-0.2, 0) is 17.8 Å². The largest absolute Gasteiger partial charge is 0.334 e. The van der Waals surface area contributed by atoms with Gasteiger partial charge in [0.25, 0.3) is 0 Å². The fourth-order valence-electron chi connectivity index (χ4n) is 2.20. The molecule has 1 aromatic carbocycles. The van der Waals surface area contributed by atoms with Gasteiger partial charge in [0, 0.05) is 12.6 Å². The number of carbonyl (C=O) groups is 1. The van der Waals surface area contributed by atoms with Crippen molar-refractivity contribution in [2.24, 2.45) is 0 Å². The molecule has 1 atom stereocenters. The van der Waals surface area contributed by atoms with Crippen molar-refractivity contribution in [3.8, 4) is 0 Å². The monoisotopic (exact) mass is 323 g/mol. The first-order chi connectivity index (χ1) is 9.15. The molecule has 1 saturated carbocycles. The lowest BCUT2D eigenvalue weighted by Crippen LogP contribution is -2.37. The van der Waals surface area contributed by atoms with Crippen molar-refractivity contribution in [1.29, 1.82) is 0 Å². The molecule has 1 aromatic rings. The highest BCUT2D eigenvalue weighted by Crippen LogP contribution is 2.30. The Morgan fingerprint density at radius 3 is 2.32 bits per heavy atom. The third-order valence-corrected chi connectivity index (χ3v) is 4.72. The smallest absolute Gasteiger partial charge is 0.236 e. The Balaban J connectivity index is 2.05. The molecule has 104 valence electrons. The average Bonchev–Trinajstić information content (AvgIpc) is 3.28. The van der Waals surface area contributed by atoms with E-state index in [1.54, 1.807) is 0 Å². The number of carbonyl (C=O) groups excluding carboxylic acids is 1. The standard InChI is InChI=1S/C16H22BrNO/c1-3-12-5-7-13(8-6-12)11-18(14-9-10-14)16(19)15(17)4-2/h5-8,14-15H,3-4,9-11H2,1-2H3. The molecule has 0 saturated heterocycles. The van der Waals surface area contributed by atoms with E-state index in [1.807, 2.05) is 11.8 Å². The summed E-state index contributed by atoms with van der Waals surface area (Å²) in [6.07, 6.45) is 4.21. The lowest BCUT2D eigenvalue weighted by atomic mass is 10.1. The molecule has 1 aliphatic rings. The van der Waals surface area contributed by atoms with Crippen molar-refractivity contribution in [2.75, 3.05) is 0 Å². The van der Waals surface area contributed by atoms with Crippen LogP contribution in [0.25, 0.3) is 0 Å². The van der Waals surface area contributed by atoms with Gasteiger partial charge < -0.3 is 4.90 Å². The molecule has 0 aromatic heterocycles. The van der Waals surface area contributed by atoms with Crippen molar-refractivity contribution in [2.45, 2.75) is 56.9 Å². The van der Waals surface area contributed by atoms with Crippen LogP contribution in [0.5, 0.6) is 0 Å². The number of rotatable bonds is 6. The van der Waals surface area contributed by atoms with E-state index in [0.717, 1.165) is 32.2 Å². The number of halogens is 1. The number of hydrogen-bond donors (Lipinski definition) is 0. The fraction of sp³-hybridized carbons (Fsp3) is 0.562. The molecule has 19 heavy (non-hydrogen) atoms. The highest BCUT2D eigenvalue weighted by Gasteiger charge is 2.34. The van der Waals surface area contributed by atoms with Gasteiger partial charge in [0.2, 0.25) is 5.91 Å². The Labute approximate surface area is 124 Å². The van der Waals surface area contributed by atoms with E-state index in [1.165, 1.54) is 11.1 Å². The Hall–Kier alpha value is -0.830. The zero-order valence-electron chi connectivity index (χ0n) is 11.7. The van der Waals surface area contributed by atoms with Crippen LogP contribution in [0, 0.1) is 0 Å². The lowest BCUT2D eigenvalue weighted by molar-refractivity contribution is -0.131. The zero-order chi connectivity index (χ0) is 13.8. The summed E-state index contributed by atoms with van der Waals surface area (Å²) in [7, 11) is 0. The topological polar surface area (TPSA) is 20.3 Å². The summed E-state index contributed by atoms with van der Waals surface area (Å²) in [5.74, 6) is 0.240.